The van der Waals surface area contributed by atoms with E-state index in [4.69, 9.17) is 15.2 Å². The molecule has 4 heteroatoms. The van der Waals surface area contributed by atoms with Gasteiger partial charge in [-0.25, -0.2) is 0 Å². The van der Waals surface area contributed by atoms with Crippen LogP contribution in [0.25, 0.3) is 12.2 Å². The molecule has 0 saturated carbocycles. The van der Waals surface area contributed by atoms with E-state index in [1.54, 1.807) is 14.2 Å². The highest BCUT2D eigenvalue weighted by Crippen LogP contribution is 2.32. The Hall–Kier alpha value is -1.97. The quantitative estimate of drug-likeness (QED) is 0.806. The average Bonchev–Trinajstić information content (AvgIpc) is 2.53. The summed E-state index contributed by atoms with van der Waals surface area (Å²) in [5, 5.41) is 0. The van der Waals surface area contributed by atoms with Crippen molar-refractivity contribution in [3.63, 3.8) is 0 Å². The van der Waals surface area contributed by atoms with Gasteiger partial charge < -0.3 is 15.2 Å². The second-order valence-electron chi connectivity index (χ2n) is 5.34. The molecule has 3 nitrogen and oxygen atoms in total. The summed E-state index contributed by atoms with van der Waals surface area (Å²) in [4.78, 5) is 0. The Morgan fingerprint density at radius 2 is 1.57 bits per heavy atom. The molecule has 23 heavy (non-hydrogen) atoms. The number of methoxy groups -OCH3 is 2. The number of benzene rings is 2. The maximum atomic E-state index is 5.88. The first-order valence-corrected chi connectivity index (χ1v) is 7.37. The zero-order chi connectivity index (χ0) is 15.9. The van der Waals surface area contributed by atoms with Crippen molar-refractivity contribution in [3.05, 3.63) is 59.2 Å². The molecule has 0 amide bonds. The first-order valence-electron chi connectivity index (χ1n) is 7.37. The summed E-state index contributed by atoms with van der Waals surface area (Å²) in [5.41, 5.74) is 9.06. The molecule has 2 aromatic carbocycles. The lowest BCUT2D eigenvalue weighted by atomic mass is 10.0. The molecule has 1 unspecified atom stereocenters. The van der Waals surface area contributed by atoms with Gasteiger partial charge in [0.05, 0.1) is 19.8 Å². The Labute approximate surface area is 144 Å². The largest absolute Gasteiger partial charge is 0.496 e. The molecule has 0 fully saturated rings. The van der Waals surface area contributed by atoms with Crippen LogP contribution in [-0.4, -0.2) is 20.3 Å². The van der Waals surface area contributed by atoms with Crippen LogP contribution < -0.4 is 15.2 Å². The van der Waals surface area contributed by atoms with E-state index in [-0.39, 0.29) is 18.4 Å². The second-order valence-corrected chi connectivity index (χ2v) is 5.34. The lowest BCUT2D eigenvalue weighted by molar-refractivity contribution is 0.391. The normalized spacial score (nSPS) is 11.8. The topological polar surface area (TPSA) is 44.5 Å². The zero-order valence-electron chi connectivity index (χ0n) is 13.8. The summed E-state index contributed by atoms with van der Waals surface area (Å²) in [5.74, 6) is 1.59. The molecule has 0 aliphatic heterocycles. The molecule has 2 rings (SSSR count). The predicted molar refractivity (Wildman–Crippen MR) is 99.5 cm³/mol. The number of halogens is 1. The van der Waals surface area contributed by atoms with Gasteiger partial charge in [-0.15, -0.1) is 12.4 Å². The SMILES string of the molecule is COc1cc(CC(C)N)cc(OC)c1/C=C\c1ccccc1.Cl. The number of hydrogen-bond donors (Lipinski definition) is 1. The van der Waals surface area contributed by atoms with E-state index in [0.717, 1.165) is 34.6 Å². The summed E-state index contributed by atoms with van der Waals surface area (Å²) < 4.78 is 11.1. The molecule has 0 aliphatic carbocycles. The lowest BCUT2D eigenvalue weighted by Crippen LogP contribution is -2.17. The molecule has 0 heterocycles. The van der Waals surface area contributed by atoms with Crippen molar-refractivity contribution in [1.82, 2.24) is 0 Å². The molecule has 0 aromatic heterocycles. The molecule has 0 aliphatic rings. The number of hydrogen-bond acceptors (Lipinski definition) is 3. The fourth-order valence-corrected chi connectivity index (χ4v) is 2.39. The Kier molecular flexibility index (Phi) is 7.66. The van der Waals surface area contributed by atoms with Crippen LogP contribution in [0.2, 0.25) is 0 Å². The summed E-state index contributed by atoms with van der Waals surface area (Å²) in [6, 6.07) is 14.3. The van der Waals surface area contributed by atoms with Gasteiger partial charge in [0.25, 0.3) is 0 Å². The number of ether oxygens (including phenoxy) is 2. The van der Waals surface area contributed by atoms with Crippen molar-refractivity contribution >= 4 is 24.6 Å². The van der Waals surface area contributed by atoms with Crippen LogP contribution in [-0.2, 0) is 6.42 Å². The first kappa shape index (κ1) is 19.1. The molecule has 124 valence electrons. The Bertz CT molecular complexity index is 614. The van der Waals surface area contributed by atoms with Gasteiger partial charge >= 0.3 is 0 Å². The molecule has 2 aromatic rings. The first-order chi connectivity index (χ1) is 10.6. The van der Waals surface area contributed by atoms with Gasteiger partial charge in [0.15, 0.2) is 0 Å². The van der Waals surface area contributed by atoms with Crippen molar-refractivity contribution in [2.75, 3.05) is 14.2 Å². The van der Waals surface area contributed by atoms with E-state index in [1.807, 2.05) is 49.4 Å². The molecule has 0 spiro atoms. The van der Waals surface area contributed by atoms with Gasteiger partial charge in [-0.05, 0) is 42.7 Å². The fourth-order valence-electron chi connectivity index (χ4n) is 2.39. The Morgan fingerprint density at radius 3 is 2.04 bits per heavy atom. The molecule has 0 bridgehead atoms. The van der Waals surface area contributed by atoms with Gasteiger partial charge in [0, 0.05) is 6.04 Å². The number of rotatable bonds is 6. The highest BCUT2D eigenvalue weighted by molar-refractivity contribution is 5.85. The zero-order valence-corrected chi connectivity index (χ0v) is 14.6. The molecular weight excluding hydrogens is 310 g/mol. The van der Waals surface area contributed by atoms with Crippen molar-refractivity contribution in [3.8, 4) is 11.5 Å². The summed E-state index contributed by atoms with van der Waals surface area (Å²) in [6.07, 6.45) is 4.85. The third-order valence-corrected chi connectivity index (χ3v) is 3.40. The van der Waals surface area contributed by atoms with Gasteiger partial charge in [0.1, 0.15) is 11.5 Å². The lowest BCUT2D eigenvalue weighted by Gasteiger charge is -2.14. The smallest absolute Gasteiger partial charge is 0.130 e. The van der Waals surface area contributed by atoms with Gasteiger partial charge in [0.2, 0.25) is 0 Å². The van der Waals surface area contributed by atoms with Gasteiger partial charge in [-0.2, -0.15) is 0 Å². The van der Waals surface area contributed by atoms with Crippen molar-refractivity contribution < 1.29 is 9.47 Å². The van der Waals surface area contributed by atoms with Crippen LogP contribution in [0.5, 0.6) is 11.5 Å². The Morgan fingerprint density at radius 1 is 1.00 bits per heavy atom. The molecule has 2 N–H and O–H groups in total. The minimum atomic E-state index is 0. The van der Waals surface area contributed by atoms with Gasteiger partial charge in [-0.1, -0.05) is 36.4 Å². The van der Waals surface area contributed by atoms with E-state index < -0.39 is 0 Å². The van der Waals surface area contributed by atoms with Crippen LogP contribution >= 0.6 is 12.4 Å². The monoisotopic (exact) mass is 333 g/mol. The van der Waals surface area contributed by atoms with E-state index in [9.17, 15) is 0 Å². The van der Waals surface area contributed by atoms with Crippen LogP contribution in [0, 0.1) is 0 Å². The van der Waals surface area contributed by atoms with E-state index in [2.05, 4.69) is 12.1 Å². The highest BCUT2D eigenvalue weighted by atomic mass is 35.5. The van der Waals surface area contributed by atoms with Gasteiger partial charge in [-0.3, -0.25) is 0 Å². The predicted octanol–water partition coefficient (Wildman–Crippen LogP) is 4.19. The molecular formula is C19H24ClNO2. The third kappa shape index (κ3) is 5.31. The average molecular weight is 334 g/mol. The summed E-state index contributed by atoms with van der Waals surface area (Å²) >= 11 is 0. The van der Waals surface area contributed by atoms with Crippen LogP contribution in [0.3, 0.4) is 0 Å². The minimum Gasteiger partial charge on any atom is -0.496 e. The summed E-state index contributed by atoms with van der Waals surface area (Å²) in [6.45, 7) is 1.99. The van der Waals surface area contributed by atoms with E-state index in [0.29, 0.717) is 0 Å². The maximum Gasteiger partial charge on any atom is 0.130 e. The van der Waals surface area contributed by atoms with Crippen molar-refractivity contribution in [1.29, 1.82) is 0 Å². The van der Waals surface area contributed by atoms with Crippen LogP contribution in [0.1, 0.15) is 23.6 Å². The van der Waals surface area contributed by atoms with Crippen molar-refractivity contribution in [2.45, 2.75) is 19.4 Å². The molecule has 1 atom stereocenters. The maximum absolute atomic E-state index is 5.88. The second kappa shape index (κ2) is 9.23. The molecule has 0 saturated heterocycles. The number of nitrogens with two attached hydrogens (primary N) is 1. The van der Waals surface area contributed by atoms with Crippen LogP contribution in [0.15, 0.2) is 42.5 Å². The van der Waals surface area contributed by atoms with Crippen molar-refractivity contribution in [2.24, 2.45) is 5.73 Å². The van der Waals surface area contributed by atoms with E-state index in [1.165, 1.54) is 0 Å². The van der Waals surface area contributed by atoms with E-state index >= 15 is 0 Å². The third-order valence-electron chi connectivity index (χ3n) is 3.40. The molecule has 0 radical (unpaired) electrons. The van der Waals surface area contributed by atoms with Crippen LogP contribution in [0.4, 0.5) is 0 Å². The summed E-state index contributed by atoms with van der Waals surface area (Å²) in [7, 11) is 3.34. The highest BCUT2D eigenvalue weighted by Gasteiger charge is 2.11. The minimum absolute atomic E-state index is 0. The Balaban J connectivity index is 0.00000264. The fraction of sp³-hybridized carbons (Fsp3) is 0.263. The standard InChI is InChI=1S/C19H23NO2.ClH/c1-14(20)11-16-12-18(21-2)17(19(13-16)22-3)10-9-15-7-5-4-6-8-15;/h4-10,12-14H,11,20H2,1-3H3;1H/b10-9-;.